The van der Waals surface area contributed by atoms with Crippen LogP contribution in [0.4, 0.5) is 0 Å². The first kappa shape index (κ1) is 10.5. The fourth-order valence-corrected chi connectivity index (χ4v) is 1.97. The van der Waals surface area contributed by atoms with Crippen LogP contribution in [-0.4, -0.2) is 28.6 Å². The van der Waals surface area contributed by atoms with Crippen molar-refractivity contribution in [3.8, 4) is 0 Å². The fourth-order valence-electron chi connectivity index (χ4n) is 1.33. The summed E-state index contributed by atoms with van der Waals surface area (Å²) in [4.78, 5) is 10.9. The van der Waals surface area contributed by atoms with Gasteiger partial charge in [-0.2, -0.15) is 0 Å². The molecule has 0 radical (unpaired) electrons. The van der Waals surface area contributed by atoms with Crippen molar-refractivity contribution in [1.29, 1.82) is 0 Å². The number of likely N-dealkylation sites (N-methyl/N-ethyl adjacent to an activating group) is 1. The summed E-state index contributed by atoms with van der Waals surface area (Å²) in [5.41, 5.74) is 0.405. The molecule has 0 saturated heterocycles. The molecule has 4 heteroatoms. The van der Waals surface area contributed by atoms with Crippen molar-refractivity contribution in [3.63, 3.8) is 0 Å². The van der Waals surface area contributed by atoms with E-state index in [1.54, 1.807) is 6.08 Å². The van der Waals surface area contributed by atoms with Crippen LogP contribution in [0.15, 0.2) is 22.5 Å². The van der Waals surface area contributed by atoms with Crippen molar-refractivity contribution in [2.24, 2.45) is 0 Å². The van der Waals surface area contributed by atoms with E-state index in [9.17, 15) is 4.79 Å². The van der Waals surface area contributed by atoms with E-state index >= 15 is 0 Å². The molecule has 1 heterocycles. The quantitative estimate of drug-likeness (QED) is 0.758. The zero-order valence-corrected chi connectivity index (χ0v) is 9.50. The summed E-state index contributed by atoms with van der Waals surface area (Å²) in [5, 5.41) is 8.98. The predicted octanol–water partition coefficient (Wildman–Crippen LogP) is 2.06. The molecule has 0 aromatic carbocycles. The van der Waals surface area contributed by atoms with Gasteiger partial charge in [0.15, 0.2) is 0 Å². The number of halogens is 1. The van der Waals surface area contributed by atoms with Gasteiger partial charge in [-0.25, -0.2) is 4.79 Å². The molecule has 0 amide bonds. The lowest BCUT2D eigenvalue weighted by Crippen LogP contribution is -2.44. The molecule has 1 aliphatic heterocycles. The average molecular weight is 247 g/mol. The summed E-state index contributed by atoms with van der Waals surface area (Å²) < 4.78 is 1.18. The standard InChI is InChI=1S/C9H12BrNO2/c1-6(2)11(3)5-7(10)4-8(11)9(12)13/h4-6H,1-3H3/p+1. The first-order valence-corrected chi connectivity index (χ1v) is 4.87. The van der Waals surface area contributed by atoms with Crippen molar-refractivity contribution in [2.75, 3.05) is 7.05 Å². The molecule has 0 spiro atoms. The maximum absolute atomic E-state index is 10.9. The van der Waals surface area contributed by atoms with Gasteiger partial charge in [0.1, 0.15) is 6.20 Å². The highest BCUT2D eigenvalue weighted by Gasteiger charge is 2.38. The smallest absolute Gasteiger partial charge is 0.390 e. The summed E-state index contributed by atoms with van der Waals surface area (Å²) >= 11 is 3.30. The Bertz CT molecular complexity index is 307. The normalized spacial score (nSPS) is 27.5. The summed E-state index contributed by atoms with van der Waals surface area (Å²) in [5.74, 6) is -0.859. The zero-order valence-electron chi connectivity index (χ0n) is 7.91. The third-order valence-electron chi connectivity index (χ3n) is 2.48. The van der Waals surface area contributed by atoms with E-state index in [1.807, 2.05) is 27.1 Å². The average Bonchev–Trinajstić information content (AvgIpc) is 2.27. The van der Waals surface area contributed by atoms with E-state index in [0.717, 1.165) is 4.48 Å². The van der Waals surface area contributed by atoms with Gasteiger partial charge in [-0.15, -0.1) is 0 Å². The summed E-state index contributed by atoms with van der Waals surface area (Å²) in [6.45, 7) is 4.00. The number of hydrogen-bond donors (Lipinski definition) is 1. The van der Waals surface area contributed by atoms with Gasteiger partial charge in [0, 0.05) is 6.08 Å². The molecule has 3 nitrogen and oxygen atoms in total. The Kier molecular flexibility index (Phi) is 2.63. The molecule has 0 bridgehead atoms. The molecule has 72 valence electrons. The number of quaternary nitrogens is 1. The molecule has 0 aliphatic carbocycles. The summed E-state index contributed by atoms with van der Waals surface area (Å²) in [6, 6.07) is 0.220. The van der Waals surface area contributed by atoms with Gasteiger partial charge in [0.05, 0.1) is 17.6 Å². The number of hydrogen-bond acceptors (Lipinski definition) is 1. The second kappa shape index (κ2) is 3.27. The first-order chi connectivity index (χ1) is 5.88. The molecular weight excluding hydrogens is 234 g/mol. The van der Waals surface area contributed by atoms with Gasteiger partial charge in [-0.1, -0.05) is 0 Å². The molecule has 1 rings (SSSR count). The van der Waals surface area contributed by atoms with E-state index in [2.05, 4.69) is 15.9 Å². The van der Waals surface area contributed by atoms with E-state index in [4.69, 9.17) is 5.11 Å². The topological polar surface area (TPSA) is 37.3 Å². The third kappa shape index (κ3) is 1.69. The second-order valence-corrected chi connectivity index (χ2v) is 4.51. The predicted molar refractivity (Wildman–Crippen MR) is 54.0 cm³/mol. The van der Waals surface area contributed by atoms with Crippen LogP contribution in [0.2, 0.25) is 0 Å². The lowest BCUT2D eigenvalue weighted by molar-refractivity contribution is -0.837. The van der Waals surface area contributed by atoms with Crippen molar-refractivity contribution in [3.05, 3.63) is 22.5 Å². The maximum Gasteiger partial charge on any atom is 0.390 e. The van der Waals surface area contributed by atoms with Crippen molar-refractivity contribution < 1.29 is 14.4 Å². The molecule has 0 fully saturated rings. The van der Waals surface area contributed by atoms with Crippen molar-refractivity contribution >= 4 is 21.9 Å². The molecule has 1 N–H and O–H groups in total. The minimum atomic E-state index is -0.859. The van der Waals surface area contributed by atoms with Crippen LogP contribution in [0.25, 0.3) is 0 Å². The van der Waals surface area contributed by atoms with Crippen LogP contribution in [0.5, 0.6) is 0 Å². The molecule has 0 aromatic rings. The van der Waals surface area contributed by atoms with Crippen LogP contribution in [0.1, 0.15) is 13.8 Å². The fraction of sp³-hybridized carbons (Fsp3) is 0.444. The lowest BCUT2D eigenvalue weighted by Gasteiger charge is -2.31. The highest BCUT2D eigenvalue weighted by molar-refractivity contribution is 9.11. The van der Waals surface area contributed by atoms with E-state index in [-0.39, 0.29) is 6.04 Å². The lowest BCUT2D eigenvalue weighted by atomic mass is 10.2. The molecule has 13 heavy (non-hydrogen) atoms. The van der Waals surface area contributed by atoms with Crippen LogP contribution in [0, 0.1) is 0 Å². The van der Waals surface area contributed by atoms with Gasteiger partial charge in [-0.05, 0) is 29.8 Å². The molecule has 1 atom stereocenters. The zero-order chi connectivity index (χ0) is 10.2. The maximum atomic E-state index is 10.9. The Labute approximate surface area is 86.1 Å². The molecule has 0 saturated carbocycles. The van der Waals surface area contributed by atoms with Gasteiger partial charge >= 0.3 is 5.97 Å². The number of allylic oxidation sites excluding steroid dienone is 2. The Morgan fingerprint density at radius 1 is 1.62 bits per heavy atom. The number of carboxylic acid groups (broad SMARTS) is 1. The van der Waals surface area contributed by atoms with E-state index in [0.29, 0.717) is 10.2 Å². The van der Waals surface area contributed by atoms with Crippen LogP contribution >= 0.6 is 15.9 Å². The Morgan fingerprint density at radius 2 is 2.15 bits per heavy atom. The minimum absolute atomic E-state index is 0.220. The number of nitrogens with zero attached hydrogens (tertiary/aromatic N) is 1. The van der Waals surface area contributed by atoms with Crippen LogP contribution in [-0.2, 0) is 4.79 Å². The van der Waals surface area contributed by atoms with Crippen LogP contribution in [0.3, 0.4) is 0 Å². The molecule has 0 aromatic heterocycles. The second-order valence-electron chi connectivity index (χ2n) is 3.59. The molecule has 1 unspecified atom stereocenters. The summed E-state index contributed by atoms with van der Waals surface area (Å²) in [6.07, 6.45) is 3.55. The number of rotatable bonds is 2. The van der Waals surface area contributed by atoms with Gasteiger partial charge in [-0.3, -0.25) is 4.48 Å². The van der Waals surface area contributed by atoms with Crippen molar-refractivity contribution in [1.82, 2.24) is 0 Å². The molecular formula is C9H13BrNO2+. The van der Waals surface area contributed by atoms with E-state index < -0.39 is 5.97 Å². The number of carbonyl (C=O) groups is 1. The Hall–Kier alpha value is -0.610. The van der Waals surface area contributed by atoms with Gasteiger partial charge in [0.25, 0.3) is 0 Å². The van der Waals surface area contributed by atoms with Crippen molar-refractivity contribution in [2.45, 2.75) is 19.9 Å². The third-order valence-corrected chi connectivity index (χ3v) is 2.91. The van der Waals surface area contributed by atoms with E-state index in [1.165, 1.54) is 0 Å². The Morgan fingerprint density at radius 3 is 2.46 bits per heavy atom. The number of aliphatic carboxylic acids is 1. The first-order valence-electron chi connectivity index (χ1n) is 4.07. The minimum Gasteiger partial charge on any atom is -0.474 e. The Balaban J connectivity index is 3.13. The highest BCUT2D eigenvalue weighted by atomic mass is 79.9. The van der Waals surface area contributed by atoms with Gasteiger partial charge in [0.2, 0.25) is 5.70 Å². The highest BCUT2D eigenvalue weighted by Crippen LogP contribution is 2.31. The monoisotopic (exact) mass is 246 g/mol. The summed E-state index contributed by atoms with van der Waals surface area (Å²) in [7, 11) is 1.89. The number of carboxylic acids is 1. The van der Waals surface area contributed by atoms with Crippen LogP contribution < -0.4 is 0 Å². The largest absolute Gasteiger partial charge is 0.474 e. The van der Waals surface area contributed by atoms with Gasteiger partial charge < -0.3 is 5.11 Å². The molecule has 1 aliphatic rings. The SMILES string of the molecule is CC(C)[N+]1(C)C=C(Br)C=C1C(=O)O.